The van der Waals surface area contributed by atoms with Crippen LogP contribution in [-0.2, 0) is 9.84 Å². The molecule has 30 heavy (non-hydrogen) atoms. The number of para-hydroxylation sites is 2. The van der Waals surface area contributed by atoms with E-state index in [9.17, 15) is 23.1 Å². The van der Waals surface area contributed by atoms with E-state index in [0.717, 1.165) is 0 Å². The number of sulfone groups is 1. The van der Waals surface area contributed by atoms with E-state index < -0.39 is 27.7 Å². The molecule has 0 saturated heterocycles. The van der Waals surface area contributed by atoms with Gasteiger partial charge in [-0.25, -0.2) is 13.2 Å². The number of rotatable bonds is 7. The number of carbonyl (C=O) groups excluding carboxylic acids is 1. The van der Waals surface area contributed by atoms with Crippen molar-refractivity contribution >= 4 is 39.0 Å². The molecule has 3 rings (SSSR count). The first-order valence-electron chi connectivity index (χ1n) is 8.62. The van der Waals surface area contributed by atoms with Crippen LogP contribution in [0.3, 0.4) is 0 Å². The lowest BCUT2D eigenvalue weighted by molar-refractivity contribution is 0.0692. The van der Waals surface area contributed by atoms with E-state index in [1.54, 1.807) is 24.3 Å². The van der Waals surface area contributed by atoms with Crippen LogP contribution in [-0.4, -0.2) is 31.3 Å². The van der Waals surface area contributed by atoms with Gasteiger partial charge < -0.3 is 15.2 Å². The molecule has 0 aliphatic heterocycles. The van der Waals surface area contributed by atoms with Crippen molar-refractivity contribution in [2.75, 3.05) is 11.3 Å². The molecule has 0 bridgehead atoms. The van der Waals surface area contributed by atoms with Gasteiger partial charge in [-0.3, -0.25) is 4.79 Å². The van der Waals surface area contributed by atoms with Gasteiger partial charge in [0.05, 0.1) is 21.7 Å². The Balaban J connectivity index is 1.80. The van der Waals surface area contributed by atoms with E-state index in [4.69, 9.17) is 16.3 Å². The van der Waals surface area contributed by atoms with E-state index in [1.807, 2.05) is 0 Å². The number of halogens is 1. The summed E-state index contributed by atoms with van der Waals surface area (Å²) in [5.41, 5.74) is 0.00673. The molecule has 0 aliphatic carbocycles. The second-order valence-corrected chi connectivity index (χ2v) is 8.51. The molecule has 0 spiro atoms. The molecule has 0 atom stereocenters. The summed E-state index contributed by atoms with van der Waals surface area (Å²) in [5, 5.41) is 12.1. The summed E-state index contributed by atoms with van der Waals surface area (Å²) < 4.78 is 30.4. The van der Waals surface area contributed by atoms with Gasteiger partial charge in [0.15, 0.2) is 5.94 Å². The molecule has 3 aromatic carbocycles. The fourth-order valence-corrected chi connectivity index (χ4v) is 3.89. The third kappa shape index (κ3) is 4.97. The lowest BCUT2D eigenvalue weighted by Gasteiger charge is -2.13. The molecule has 0 unspecified atom stereocenters. The Kier molecular flexibility index (Phi) is 6.39. The van der Waals surface area contributed by atoms with Crippen molar-refractivity contribution in [3.8, 4) is 5.75 Å². The van der Waals surface area contributed by atoms with Crippen molar-refractivity contribution in [3.63, 3.8) is 0 Å². The minimum Gasteiger partial charge on any atom is -0.478 e. The zero-order chi connectivity index (χ0) is 21.7. The zero-order valence-electron chi connectivity index (χ0n) is 15.4. The SMILES string of the molecule is O=C(O)c1ccccc1C(=O)Nc1ccccc1OCS(=O)(=O)c1cccc(Cl)c1. The maximum Gasteiger partial charge on any atom is 0.336 e. The highest BCUT2D eigenvalue weighted by Gasteiger charge is 2.19. The van der Waals surface area contributed by atoms with Gasteiger partial charge in [-0.05, 0) is 42.5 Å². The lowest BCUT2D eigenvalue weighted by Crippen LogP contribution is -2.18. The number of carboxylic acids is 1. The van der Waals surface area contributed by atoms with Gasteiger partial charge in [-0.1, -0.05) is 41.9 Å². The normalized spacial score (nSPS) is 11.0. The number of carbonyl (C=O) groups is 2. The highest BCUT2D eigenvalue weighted by Crippen LogP contribution is 2.26. The molecule has 0 aliphatic rings. The van der Waals surface area contributed by atoms with Crippen molar-refractivity contribution in [1.82, 2.24) is 0 Å². The number of ether oxygens (including phenoxy) is 1. The number of nitrogens with one attached hydrogen (secondary N) is 1. The quantitative estimate of drug-likeness (QED) is 0.566. The number of hydrogen-bond acceptors (Lipinski definition) is 5. The Hall–Kier alpha value is -3.36. The summed E-state index contributed by atoms with van der Waals surface area (Å²) >= 11 is 5.85. The molecule has 7 nitrogen and oxygen atoms in total. The predicted molar refractivity (Wildman–Crippen MR) is 112 cm³/mol. The number of hydrogen-bond donors (Lipinski definition) is 2. The number of aromatic carboxylic acids is 1. The first kappa shape index (κ1) is 21.4. The predicted octanol–water partition coefficient (Wildman–Crippen LogP) is 4.10. The van der Waals surface area contributed by atoms with Crippen molar-refractivity contribution in [2.45, 2.75) is 4.90 Å². The largest absolute Gasteiger partial charge is 0.478 e. The summed E-state index contributed by atoms with van der Waals surface area (Å²) in [7, 11) is -3.79. The van der Waals surface area contributed by atoms with Crippen LogP contribution in [0.15, 0.2) is 77.7 Å². The van der Waals surface area contributed by atoms with Crippen LogP contribution in [0, 0.1) is 0 Å². The van der Waals surface area contributed by atoms with Crippen LogP contribution < -0.4 is 10.1 Å². The minimum atomic E-state index is -3.79. The fourth-order valence-electron chi connectivity index (χ4n) is 2.62. The van der Waals surface area contributed by atoms with E-state index in [-0.39, 0.29) is 32.5 Å². The third-order valence-electron chi connectivity index (χ3n) is 4.06. The van der Waals surface area contributed by atoms with Gasteiger partial charge in [-0.15, -0.1) is 0 Å². The molecule has 0 radical (unpaired) electrons. The molecule has 0 aromatic heterocycles. The van der Waals surface area contributed by atoms with Gasteiger partial charge in [-0.2, -0.15) is 0 Å². The molecule has 0 heterocycles. The third-order valence-corrected chi connectivity index (χ3v) is 5.70. The maximum atomic E-state index is 12.6. The van der Waals surface area contributed by atoms with Crippen LogP contribution in [0.2, 0.25) is 5.02 Å². The van der Waals surface area contributed by atoms with E-state index >= 15 is 0 Å². The van der Waals surface area contributed by atoms with Crippen LogP contribution in [0.4, 0.5) is 5.69 Å². The number of benzene rings is 3. The van der Waals surface area contributed by atoms with Crippen LogP contribution in [0.1, 0.15) is 20.7 Å². The van der Waals surface area contributed by atoms with Gasteiger partial charge >= 0.3 is 5.97 Å². The fraction of sp³-hybridized carbons (Fsp3) is 0.0476. The average molecular weight is 446 g/mol. The molecule has 3 aromatic rings. The average Bonchev–Trinajstić information content (AvgIpc) is 2.73. The van der Waals surface area contributed by atoms with Crippen LogP contribution in [0.25, 0.3) is 0 Å². The lowest BCUT2D eigenvalue weighted by atomic mass is 10.1. The van der Waals surface area contributed by atoms with Crippen molar-refractivity contribution in [1.29, 1.82) is 0 Å². The minimum absolute atomic E-state index is 0.00639. The highest BCUT2D eigenvalue weighted by molar-refractivity contribution is 7.91. The van der Waals surface area contributed by atoms with Crippen molar-refractivity contribution in [2.24, 2.45) is 0 Å². The molecule has 9 heteroatoms. The van der Waals surface area contributed by atoms with Crippen molar-refractivity contribution in [3.05, 3.63) is 88.9 Å². The molecular weight excluding hydrogens is 430 g/mol. The highest BCUT2D eigenvalue weighted by atomic mass is 35.5. The molecule has 0 saturated carbocycles. The second-order valence-electron chi connectivity index (χ2n) is 6.14. The Bertz CT molecular complexity index is 1210. The molecule has 2 N–H and O–H groups in total. The summed E-state index contributed by atoms with van der Waals surface area (Å²) in [5.74, 6) is -2.46. The Labute approximate surface area is 177 Å². The summed E-state index contributed by atoms with van der Waals surface area (Å²) in [6.07, 6.45) is 0. The monoisotopic (exact) mass is 445 g/mol. The van der Waals surface area contributed by atoms with E-state index in [2.05, 4.69) is 5.32 Å². The summed E-state index contributed by atoms with van der Waals surface area (Å²) in [4.78, 5) is 23.9. The first-order chi connectivity index (χ1) is 14.3. The Morgan fingerprint density at radius 2 is 1.60 bits per heavy atom. The Morgan fingerprint density at radius 3 is 2.30 bits per heavy atom. The molecule has 1 amide bonds. The van der Waals surface area contributed by atoms with Crippen LogP contribution in [0.5, 0.6) is 5.75 Å². The van der Waals surface area contributed by atoms with Gasteiger partial charge in [0.25, 0.3) is 5.91 Å². The first-order valence-corrected chi connectivity index (χ1v) is 10.6. The summed E-state index contributed by atoms with van der Waals surface area (Å²) in [6, 6.07) is 17.8. The van der Waals surface area contributed by atoms with Gasteiger partial charge in [0.2, 0.25) is 9.84 Å². The number of amides is 1. The molecule has 154 valence electrons. The topological polar surface area (TPSA) is 110 Å². The van der Waals surface area contributed by atoms with E-state index in [0.29, 0.717) is 0 Å². The van der Waals surface area contributed by atoms with Crippen LogP contribution >= 0.6 is 11.6 Å². The molecule has 0 fully saturated rings. The Morgan fingerprint density at radius 1 is 0.933 bits per heavy atom. The number of anilines is 1. The van der Waals surface area contributed by atoms with E-state index in [1.165, 1.54) is 48.5 Å². The summed E-state index contributed by atoms with van der Waals surface area (Å²) in [6.45, 7) is 0. The maximum absolute atomic E-state index is 12.6. The standard InChI is InChI=1S/C21H16ClNO6S/c22-14-6-5-7-15(12-14)30(27,28)13-29-19-11-4-3-10-18(19)23-20(24)16-8-1-2-9-17(16)21(25)26/h1-12H,13H2,(H,23,24)(H,25,26). The number of carboxylic acid groups (broad SMARTS) is 1. The van der Waals surface area contributed by atoms with Crippen molar-refractivity contribution < 1.29 is 27.9 Å². The van der Waals surface area contributed by atoms with Gasteiger partial charge in [0, 0.05) is 5.02 Å². The van der Waals surface area contributed by atoms with Gasteiger partial charge in [0.1, 0.15) is 5.75 Å². The zero-order valence-corrected chi connectivity index (χ0v) is 17.0. The smallest absolute Gasteiger partial charge is 0.336 e. The second kappa shape index (κ2) is 8.98. The molecular formula is C21H16ClNO6S.